The molecule has 1 fully saturated rings. The number of hydrogen-bond acceptors (Lipinski definition) is 3. The van der Waals surface area contributed by atoms with Gasteiger partial charge in [0, 0.05) is 30.6 Å². The maximum absolute atomic E-state index is 4.42. The molecule has 1 N–H and O–H groups in total. The van der Waals surface area contributed by atoms with E-state index in [0.29, 0.717) is 17.9 Å². The summed E-state index contributed by atoms with van der Waals surface area (Å²) in [6.07, 6.45) is 7.94. The highest BCUT2D eigenvalue weighted by Crippen LogP contribution is 2.38. The second-order valence-electron chi connectivity index (χ2n) is 4.34. The van der Waals surface area contributed by atoms with Crippen LogP contribution in [0.1, 0.15) is 38.3 Å². The molecule has 1 aromatic heterocycles. The van der Waals surface area contributed by atoms with E-state index in [-0.39, 0.29) is 0 Å². The number of aromatic nitrogens is 2. The molecule has 0 amide bonds. The van der Waals surface area contributed by atoms with Crippen molar-refractivity contribution in [1.29, 1.82) is 0 Å². The number of rotatable bonds is 3. The molecule has 1 aliphatic carbocycles. The second-order valence-corrected chi connectivity index (χ2v) is 4.34. The zero-order valence-electron chi connectivity index (χ0n) is 9.48. The highest BCUT2D eigenvalue weighted by Gasteiger charge is 2.33. The van der Waals surface area contributed by atoms with Gasteiger partial charge in [-0.1, -0.05) is 13.8 Å². The molecule has 0 radical (unpaired) electrons. The van der Waals surface area contributed by atoms with Crippen LogP contribution in [-0.4, -0.2) is 22.6 Å². The van der Waals surface area contributed by atoms with Crippen molar-refractivity contribution in [2.75, 3.05) is 6.54 Å². The molecule has 3 nitrogen and oxygen atoms in total. The molecule has 3 unspecified atom stereocenters. The first-order valence-corrected chi connectivity index (χ1v) is 5.82. The standard InChI is InChI=1S/C12H19N3/c1-3-14-11-5-4-10(9(11)2)12-8-13-6-7-15-12/h6-11,14H,3-5H2,1-2H3. The van der Waals surface area contributed by atoms with Crippen molar-refractivity contribution in [2.24, 2.45) is 5.92 Å². The second kappa shape index (κ2) is 4.71. The highest BCUT2D eigenvalue weighted by molar-refractivity contribution is 5.09. The van der Waals surface area contributed by atoms with Crippen LogP contribution in [0.15, 0.2) is 18.6 Å². The van der Waals surface area contributed by atoms with Gasteiger partial charge in [0.05, 0.1) is 5.69 Å². The van der Waals surface area contributed by atoms with Crippen LogP contribution in [0.3, 0.4) is 0 Å². The molecule has 1 saturated carbocycles. The molecule has 1 aromatic rings. The fraction of sp³-hybridized carbons (Fsp3) is 0.667. The molecular formula is C12H19N3. The molecule has 0 spiro atoms. The zero-order valence-corrected chi connectivity index (χ0v) is 9.48. The van der Waals surface area contributed by atoms with Gasteiger partial charge in [0.1, 0.15) is 0 Å². The minimum absolute atomic E-state index is 0.586. The molecule has 0 bridgehead atoms. The Balaban J connectivity index is 2.07. The summed E-state index contributed by atoms with van der Waals surface area (Å²) >= 11 is 0. The van der Waals surface area contributed by atoms with E-state index < -0.39 is 0 Å². The Morgan fingerprint density at radius 1 is 1.40 bits per heavy atom. The van der Waals surface area contributed by atoms with E-state index in [1.807, 2.05) is 6.20 Å². The molecule has 82 valence electrons. The third kappa shape index (κ3) is 2.17. The van der Waals surface area contributed by atoms with Crippen LogP contribution in [0.2, 0.25) is 0 Å². The molecule has 0 aromatic carbocycles. The summed E-state index contributed by atoms with van der Waals surface area (Å²) in [5.74, 6) is 1.25. The smallest absolute Gasteiger partial charge is 0.0620 e. The quantitative estimate of drug-likeness (QED) is 0.819. The van der Waals surface area contributed by atoms with Crippen LogP contribution in [0.5, 0.6) is 0 Å². The van der Waals surface area contributed by atoms with E-state index in [0.717, 1.165) is 12.2 Å². The van der Waals surface area contributed by atoms with E-state index in [9.17, 15) is 0 Å². The molecule has 0 saturated heterocycles. The van der Waals surface area contributed by atoms with E-state index in [1.54, 1.807) is 12.4 Å². The largest absolute Gasteiger partial charge is 0.314 e. The van der Waals surface area contributed by atoms with Crippen LogP contribution < -0.4 is 5.32 Å². The topological polar surface area (TPSA) is 37.8 Å². The molecule has 2 rings (SSSR count). The van der Waals surface area contributed by atoms with Gasteiger partial charge in [0.25, 0.3) is 0 Å². The molecule has 3 atom stereocenters. The summed E-state index contributed by atoms with van der Waals surface area (Å²) in [4.78, 5) is 8.57. The van der Waals surface area contributed by atoms with Crippen LogP contribution in [0.25, 0.3) is 0 Å². The SMILES string of the molecule is CCNC1CCC(c2cnccn2)C1C. The van der Waals surface area contributed by atoms with Crippen molar-refractivity contribution >= 4 is 0 Å². The summed E-state index contributed by atoms with van der Waals surface area (Å²) in [5, 5.41) is 3.55. The van der Waals surface area contributed by atoms with Crippen LogP contribution in [0, 0.1) is 5.92 Å². The van der Waals surface area contributed by atoms with E-state index in [4.69, 9.17) is 0 Å². The summed E-state index contributed by atoms with van der Waals surface area (Å²) in [7, 11) is 0. The summed E-state index contributed by atoms with van der Waals surface area (Å²) in [6.45, 7) is 5.55. The van der Waals surface area contributed by atoms with E-state index >= 15 is 0 Å². The first kappa shape index (κ1) is 10.6. The third-order valence-electron chi connectivity index (χ3n) is 3.49. The van der Waals surface area contributed by atoms with Crippen molar-refractivity contribution in [3.8, 4) is 0 Å². The van der Waals surface area contributed by atoms with Crippen molar-refractivity contribution in [2.45, 2.75) is 38.6 Å². The summed E-state index contributed by atoms with van der Waals surface area (Å²) in [5.41, 5.74) is 1.16. The zero-order chi connectivity index (χ0) is 10.7. The molecule has 1 aliphatic rings. The van der Waals surface area contributed by atoms with Gasteiger partial charge in [-0.2, -0.15) is 0 Å². The van der Waals surface area contributed by atoms with Gasteiger partial charge in [0.2, 0.25) is 0 Å². The minimum atomic E-state index is 0.586. The first-order chi connectivity index (χ1) is 7.33. The van der Waals surface area contributed by atoms with Gasteiger partial charge in [-0.25, -0.2) is 0 Å². The average molecular weight is 205 g/mol. The van der Waals surface area contributed by atoms with Crippen molar-refractivity contribution in [3.63, 3.8) is 0 Å². The fourth-order valence-corrected chi connectivity index (χ4v) is 2.63. The Morgan fingerprint density at radius 3 is 2.93 bits per heavy atom. The molecule has 1 heterocycles. The third-order valence-corrected chi connectivity index (χ3v) is 3.49. The lowest BCUT2D eigenvalue weighted by Gasteiger charge is -2.20. The maximum atomic E-state index is 4.42. The Labute approximate surface area is 91.3 Å². The normalized spacial score (nSPS) is 30.7. The molecule has 3 heteroatoms. The van der Waals surface area contributed by atoms with Crippen molar-refractivity contribution in [1.82, 2.24) is 15.3 Å². The predicted molar refractivity (Wildman–Crippen MR) is 60.6 cm³/mol. The van der Waals surface area contributed by atoms with E-state index in [2.05, 4.69) is 29.1 Å². The number of nitrogens with one attached hydrogen (secondary N) is 1. The Kier molecular flexibility index (Phi) is 3.31. The van der Waals surface area contributed by atoms with Gasteiger partial charge in [0.15, 0.2) is 0 Å². The van der Waals surface area contributed by atoms with Crippen molar-refractivity contribution < 1.29 is 0 Å². The van der Waals surface area contributed by atoms with Gasteiger partial charge in [-0.3, -0.25) is 9.97 Å². The fourth-order valence-electron chi connectivity index (χ4n) is 2.63. The monoisotopic (exact) mass is 205 g/mol. The van der Waals surface area contributed by atoms with Crippen LogP contribution in [0.4, 0.5) is 0 Å². The van der Waals surface area contributed by atoms with Gasteiger partial charge < -0.3 is 5.32 Å². The summed E-state index contributed by atoms with van der Waals surface area (Å²) < 4.78 is 0. The predicted octanol–water partition coefficient (Wildman–Crippen LogP) is 1.97. The van der Waals surface area contributed by atoms with E-state index in [1.165, 1.54) is 12.8 Å². The molecule has 15 heavy (non-hydrogen) atoms. The lowest BCUT2D eigenvalue weighted by atomic mass is 9.93. The van der Waals surface area contributed by atoms with Gasteiger partial charge in [-0.05, 0) is 25.3 Å². The first-order valence-electron chi connectivity index (χ1n) is 5.82. The molecular weight excluding hydrogens is 186 g/mol. The average Bonchev–Trinajstić information content (AvgIpc) is 2.63. The minimum Gasteiger partial charge on any atom is -0.314 e. The number of hydrogen-bond donors (Lipinski definition) is 1. The highest BCUT2D eigenvalue weighted by atomic mass is 14.9. The van der Waals surface area contributed by atoms with Gasteiger partial charge in [-0.15, -0.1) is 0 Å². The Morgan fingerprint density at radius 2 is 2.27 bits per heavy atom. The Bertz CT molecular complexity index is 299. The number of nitrogens with zero attached hydrogens (tertiary/aromatic N) is 2. The van der Waals surface area contributed by atoms with Crippen LogP contribution >= 0.6 is 0 Å². The lowest BCUT2D eigenvalue weighted by Crippen LogP contribution is -2.32. The maximum Gasteiger partial charge on any atom is 0.0620 e. The van der Waals surface area contributed by atoms with Gasteiger partial charge >= 0.3 is 0 Å². The Hall–Kier alpha value is -0.960. The lowest BCUT2D eigenvalue weighted by molar-refractivity contribution is 0.408. The van der Waals surface area contributed by atoms with Crippen LogP contribution in [-0.2, 0) is 0 Å². The van der Waals surface area contributed by atoms with Crippen molar-refractivity contribution in [3.05, 3.63) is 24.3 Å². The molecule has 0 aliphatic heterocycles. The summed E-state index contributed by atoms with van der Waals surface area (Å²) in [6, 6.07) is 0.655.